The largest absolute Gasteiger partial charge is 0.458 e. The number of aryl methyl sites for hydroxylation is 1. The molecule has 0 unspecified atom stereocenters. The normalized spacial score (nSPS) is 13.7. The molecule has 1 aliphatic rings. The van der Waals surface area contributed by atoms with Crippen LogP contribution in [0.4, 0.5) is 5.69 Å². The molecule has 1 N–H and O–H groups in total. The summed E-state index contributed by atoms with van der Waals surface area (Å²) in [5.74, 6) is -0.789. The van der Waals surface area contributed by atoms with E-state index in [-0.39, 0.29) is 25.0 Å². The maximum Gasteiger partial charge on any atom is 0.325 e. The highest BCUT2D eigenvalue weighted by Crippen LogP contribution is 2.21. The van der Waals surface area contributed by atoms with Crippen LogP contribution in [-0.4, -0.2) is 35.9 Å². The Morgan fingerprint density at radius 2 is 2.07 bits per heavy atom. The molecular formula is C19H21N3O4S. The zero-order valence-corrected chi connectivity index (χ0v) is 15.9. The summed E-state index contributed by atoms with van der Waals surface area (Å²) in [6.07, 6.45) is 2.26. The Morgan fingerprint density at radius 1 is 1.30 bits per heavy atom. The second-order valence-corrected chi connectivity index (χ2v) is 7.07. The monoisotopic (exact) mass is 387 g/mol. The van der Waals surface area contributed by atoms with E-state index < -0.39 is 5.97 Å². The van der Waals surface area contributed by atoms with Gasteiger partial charge in [0, 0.05) is 29.6 Å². The minimum Gasteiger partial charge on any atom is -0.458 e. The van der Waals surface area contributed by atoms with Crippen LogP contribution in [0.3, 0.4) is 0 Å². The molecule has 1 aromatic carbocycles. The number of thiazole rings is 1. The molecule has 2 heterocycles. The molecule has 2 amide bonds. The van der Waals surface area contributed by atoms with Crippen LogP contribution in [0.5, 0.6) is 0 Å². The lowest BCUT2D eigenvalue weighted by Gasteiger charge is -2.15. The van der Waals surface area contributed by atoms with Gasteiger partial charge in [-0.3, -0.25) is 14.4 Å². The van der Waals surface area contributed by atoms with Crippen LogP contribution in [0.1, 0.15) is 40.8 Å². The molecule has 0 bridgehead atoms. The quantitative estimate of drug-likeness (QED) is 0.737. The van der Waals surface area contributed by atoms with Gasteiger partial charge < -0.3 is 15.0 Å². The van der Waals surface area contributed by atoms with Crippen molar-refractivity contribution in [3.8, 4) is 0 Å². The van der Waals surface area contributed by atoms with Crippen LogP contribution >= 0.6 is 11.3 Å². The van der Waals surface area contributed by atoms with Gasteiger partial charge >= 0.3 is 5.97 Å². The maximum atomic E-state index is 12.2. The maximum absolute atomic E-state index is 12.2. The van der Waals surface area contributed by atoms with Gasteiger partial charge in [0.25, 0.3) is 5.91 Å². The molecule has 1 fully saturated rings. The van der Waals surface area contributed by atoms with Gasteiger partial charge in [0.1, 0.15) is 13.2 Å². The lowest BCUT2D eigenvalue weighted by Crippen LogP contribution is -2.30. The number of ether oxygens (including phenoxy) is 1. The number of aromatic nitrogens is 1. The summed E-state index contributed by atoms with van der Waals surface area (Å²) in [4.78, 5) is 41.7. The molecule has 3 rings (SSSR count). The van der Waals surface area contributed by atoms with Gasteiger partial charge in [-0.05, 0) is 37.1 Å². The van der Waals surface area contributed by atoms with E-state index in [1.807, 2.05) is 12.3 Å². The third-order valence-corrected chi connectivity index (χ3v) is 5.23. The van der Waals surface area contributed by atoms with E-state index in [0.29, 0.717) is 24.2 Å². The van der Waals surface area contributed by atoms with Gasteiger partial charge in [-0.2, -0.15) is 0 Å². The number of rotatable bonds is 7. The Kier molecular flexibility index (Phi) is 6.18. The standard InChI is InChI=1S/C19H21N3O4S/c1-2-16-21-14(12-27-16)11-26-18(24)10-20-19(25)13-5-7-15(8-6-13)22-9-3-4-17(22)23/h5-8,12H,2-4,9-11H2,1H3,(H,20,25). The van der Waals surface area contributed by atoms with Crippen molar-refractivity contribution in [3.05, 3.63) is 45.9 Å². The molecule has 0 spiro atoms. The van der Waals surface area contributed by atoms with Gasteiger partial charge in [-0.25, -0.2) is 4.98 Å². The number of anilines is 1. The Bertz CT molecular complexity index is 832. The summed E-state index contributed by atoms with van der Waals surface area (Å²) in [6.45, 7) is 2.61. The summed E-state index contributed by atoms with van der Waals surface area (Å²) in [5.41, 5.74) is 1.91. The topological polar surface area (TPSA) is 88.6 Å². The lowest BCUT2D eigenvalue weighted by molar-refractivity contribution is -0.143. The molecule has 0 radical (unpaired) electrons. The van der Waals surface area contributed by atoms with E-state index in [1.54, 1.807) is 29.2 Å². The average Bonchev–Trinajstić information content (AvgIpc) is 3.33. The number of hydrogen-bond donors (Lipinski definition) is 1. The number of amides is 2. The van der Waals surface area contributed by atoms with Crippen LogP contribution < -0.4 is 10.2 Å². The fraction of sp³-hybridized carbons (Fsp3) is 0.368. The first-order valence-electron chi connectivity index (χ1n) is 8.84. The summed E-state index contributed by atoms with van der Waals surface area (Å²) in [7, 11) is 0. The Balaban J connectivity index is 1.45. The highest BCUT2D eigenvalue weighted by atomic mass is 32.1. The minimum absolute atomic E-state index is 0.0983. The van der Waals surface area contributed by atoms with E-state index in [1.165, 1.54) is 11.3 Å². The number of nitrogens with one attached hydrogen (secondary N) is 1. The van der Waals surface area contributed by atoms with Crippen LogP contribution in [0.2, 0.25) is 0 Å². The summed E-state index contributed by atoms with van der Waals surface area (Å²) in [6, 6.07) is 6.76. The number of hydrogen-bond acceptors (Lipinski definition) is 6. The van der Waals surface area contributed by atoms with Crippen molar-refractivity contribution >= 4 is 34.8 Å². The van der Waals surface area contributed by atoms with Crippen molar-refractivity contribution < 1.29 is 19.1 Å². The van der Waals surface area contributed by atoms with Crippen molar-refractivity contribution in [2.24, 2.45) is 0 Å². The highest BCUT2D eigenvalue weighted by molar-refractivity contribution is 7.09. The van der Waals surface area contributed by atoms with Crippen LogP contribution in [0, 0.1) is 0 Å². The van der Waals surface area contributed by atoms with Gasteiger partial charge in [-0.1, -0.05) is 6.92 Å². The van der Waals surface area contributed by atoms with Crippen molar-refractivity contribution in [3.63, 3.8) is 0 Å². The number of carbonyl (C=O) groups excluding carboxylic acids is 3. The summed E-state index contributed by atoms with van der Waals surface area (Å²) < 4.78 is 5.12. The minimum atomic E-state index is -0.520. The summed E-state index contributed by atoms with van der Waals surface area (Å²) in [5, 5.41) is 5.39. The van der Waals surface area contributed by atoms with Gasteiger partial charge in [0.2, 0.25) is 5.91 Å². The number of esters is 1. The molecule has 8 heteroatoms. The zero-order chi connectivity index (χ0) is 19.2. The number of nitrogens with zero attached hydrogens (tertiary/aromatic N) is 2. The van der Waals surface area contributed by atoms with E-state index in [9.17, 15) is 14.4 Å². The van der Waals surface area contributed by atoms with Gasteiger partial charge in [0.15, 0.2) is 0 Å². The molecule has 27 heavy (non-hydrogen) atoms. The van der Waals surface area contributed by atoms with Gasteiger partial charge in [0.05, 0.1) is 10.7 Å². The fourth-order valence-electron chi connectivity index (χ4n) is 2.75. The third kappa shape index (κ3) is 4.91. The average molecular weight is 387 g/mol. The SMILES string of the molecule is CCc1nc(COC(=O)CNC(=O)c2ccc(N3CCCC3=O)cc2)cs1. The van der Waals surface area contributed by atoms with E-state index >= 15 is 0 Å². The fourth-order valence-corrected chi connectivity index (χ4v) is 3.48. The zero-order valence-electron chi connectivity index (χ0n) is 15.1. The van der Waals surface area contributed by atoms with Gasteiger partial charge in [-0.15, -0.1) is 11.3 Å². The van der Waals surface area contributed by atoms with E-state index in [2.05, 4.69) is 10.3 Å². The molecule has 142 valence electrons. The first-order valence-corrected chi connectivity index (χ1v) is 9.72. The van der Waals surface area contributed by atoms with Crippen molar-refractivity contribution in [1.82, 2.24) is 10.3 Å². The van der Waals surface area contributed by atoms with Crippen molar-refractivity contribution in [1.29, 1.82) is 0 Å². The van der Waals surface area contributed by atoms with E-state index in [0.717, 1.165) is 23.5 Å². The Labute approximate surface area is 161 Å². The van der Waals surface area contributed by atoms with E-state index in [4.69, 9.17) is 4.74 Å². The Morgan fingerprint density at radius 3 is 2.70 bits per heavy atom. The van der Waals surface area contributed by atoms with Crippen LogP contribution in [-0.2, 0) is 27.4 Å². The molecule has 0 atom stereocenters. The summed E-state index contributed by atoms with van der Waals surface area (Å²) >= 11 is 1.53. The predicted octanol–water partition coefficient (Wildman–Crippen LogP) is 2.31. The smallest absolute Gasteiger partial charge is 0.325 e. The number of benzene rings is 1. The second-order valence-electron chi connectivity index (χ2n) is 6.13. The highest BCUT2D eigenvalue weighted by Gasteiger charge is 2.21. The Hall–Kier alpha value is -2.74. The van der Waals surface area contributed by atoms with Crippen LogP contribution in [0.25, 0.3) is 0 Å². The lowest BCUT2D eigenvalue weighted by atomic mass is 10.2. The van der Waals surface area contributed by atoms with Crippen molar-refractivity contribution in [2.45, 2.75) is 32.8 Å². The molecular weight excluding hydrogens is 366 g/mol. The molecule has 2 aromatic rings. The molecule has 1 aromatic heterocycles. The van der Waals surface area contributed by atoms with Crippen molar-refractivity contribution in [2.75, 3.05) is 18.0 Å². The first-order chi connectivity index (χ1) is 13.1. The molecule has 1 saturated heterocycles. The predicted molar refractivity (Wildman–Crippen MR) is 102 cm³/mol. The molecule has 0 saturated carbocycles. The number of carbonyl (C=O) groups is 3. The molecule has 1 aliphatic heterocycles. The third-order valence-electron chi connectivity index (χ3n) is 4.19. The molecule has 7 nitrogen and oxygen atoms in total. The first kappa shape index (κ1) is 19.0. The van der Waals surface area contributed by atoms with Crippen LogP contribution in [0.15, 0.2) is 29.6 Å². The molecule has 0 aliphatic carbocycles. The second kappa shape index (κ2) is 8.77.